The van der Waals surface area contributed by atoms with Gasteiger partial charge in [-0.25, -0.2) is 0 Å². The van der Waals surface area contributed by atoms with E-state index in [0.29, 0.717) is 27.8 Å². The smallest absolute Gasteiger partial charge is 0.287 e. The van der Waals surface area contributed by atoms with E-state index in [9.17, 15) is 0 Å². The second-order valence-corrected chi connectivity index (χ2v) is 7.66. The lowest BCUT2D eigenvalue weighted by atomic mass is 10.2. The van der Waals surface area contributed by atoms with Crippen LogP contribution in [0.3, 0.4) is 0 Å². The Kier molecular flexibility index (Phi) is 4.47. The summed E-state index contributed by atoms with van der Waals surface area (Å²) in [5, 5.41) is 10.2. The molecular weight excluding hydrogens is 328 g/mol. The number of benzene rings is 1. The van der Waals surface area contributed by atoms with Crippen LogP contribution in [0.15, 0.2) is 38.3 Å². The summed E-state index contributed by atoms with van der Waals surface area (Å²) in [7, 11) is 3.19. The maximum Gasteiger partial charge on any atom is 0.287 e. The Morgan fingerprint density at radius 2 is 2.05 bits per heavy atom. The molecule has 0 radical (unpaired) electrons. The van der Waals surface area contributed by atoms with Gasteiger partial charge >= 0.3 is 0 Å². The Balaban J connectivity index is 1.78. The fraction of sp³-hybridized carbons (Fsp3) is 0.286. The van der Waals surface area contributed by atoms with Crippen LogP contribution in [-0.2, 0) is 0 Å². The third-order valence-corrected chi connectivity index (χ3v) is 5.28. The van der Waals surface area contributed by atoms with Crippen LogP contribution in [0.1, 0.15) is 13.8 Å². The van der Waals surface area contributed by atoms with E-state index >= 15 is 0 Å². The van der Waals surface area contributed by atoms with Crippen molar-refractivity contribution in [1.29, 1.82) is 0 Å². The predicted molar refractivity (Wildman–Crippen MR) is 87.7 cm³/mol. The molecule has 0 spiro atoms. The van der Waals surface area contributed by atoms with Gasteiger partial charge in [-0.15, -0.1) is 5.10 Å². The number of nitrogens with zero attached hydrogens (tertiary/aromatic N) is 2. The van der Waals surface area contributed by atoms with E-state index in [1.807, 2.05) is 18.2 Å². The monoisotopic (exact) mass is 340 g/mol. The van der Waals surface area contributed by atoms with Gasteiger partial charge in [0.1, 0.15) is 5.58 Å². The van der Waals surface area contributed by atoms with Gasteiger partial charge in [0, 0.05) is 27.0 Å². The molecule has 0 saturated heterocycles. The van der Waals surface area contributed by atoms with Crippen molar-refractivity contribution in [3.63, 3.8) is 0 Å². The van der Waals surface area contributed by atoms with Gasteiger partial charge in [0.25, 0.3) is 11.1 Å². The highest BCUT2D eigenvalue weighted by Gasteiger charge is 2.14. The first-order valence-electron chi connectivity index (χ1n) is 6.44. The topological polar surface area (TPSA) is 52.1 Å². The molecule has 0 aliphatic carbocycles. The minimum Gasteiger partial charge on any atom is -0.451 e. The van der Waals surface area contributed by atoms with Gasteiger partial charge in [-0.1, -0.05) is 41.3 Å². The fourth-order valence-electron chi connectivity index (χ4n) is 1.68. The Labute approximate surface area is 135 Å². The largest absolute Gasteiger partial charge is 0.451 e. The summed E-state index contributed by atoms with van der Waals surface area (Å²) in [6, 6.07) is 7.30. The first-order chi connectivity index (χ1) is 10.1. The standard InChI is InChI=1S/C14H13ClN2O2S2/c1-8(2)7-20-21-14-17-16-13(19-14)12-6-9-5-10(15)3-4-11(9)18-12/h3-6,8H,7H2,1-2H3. The highest BCUT2D eigenvalue weighted by atomic mass is 35.5. The maximum atomic E-state index is 5.96. The Morgan fingerprint density at radius 3 is 2.86 bits per heavy atom. The highest BCUT2D eigenvalue weighted by Crippen LogP contribution is 2.34. The Bertz CT molecular complexity index is 754. The number of furan rings is 1. The van der Waals surface area contributed by atoms with Gasteiger partial charge in [0.15, 0.2) is 5.76 Å². The summed E-state index contributed by atoms with van der Waals surface area (Å²) in [4.78, 5) is 0. The normalized spacial score (nSPS) is 11.6. The van der Waals surface area contributed by atoms with Crippen molar-refractivity contribution < 1.29 is 8.83 Å². The lowest BCUT2D eigenvalue weighted by molar-refractivity contribution is 0.453. The molecule has 0 atom stereocenters. The predicted octanol–water partition coefficient (Wildman–Crippen LogP) is 5.53. The van der Waals surface area contributed by atoms with Gasteiger partial charge in [-0.2, -0.15) is 0 Å². The second-order valence-electron chi connectivity index (χ2n) is 4.93. The van der Waals surface area contributed by atoms with E-state index in [1.165, 1.54) is 10.8 Å². The van der Waals surface area contributed by atoms with E-state index in [4.69, 9.17) is 20.4 Å². The van der Waals surface area contributed by atoms with Gasteiger partial charge in [0.2, 0.25) is 0 Å². The van der Waals surface area contributed by atoms with Crippen molar-refractivity contribution in [2.24, 2.45) is 5.92 Å². The van der Waals surface area contributed by atoms with Crippen LogP contribution in [0.4, 0.5) is 0 Å². The molecule has 110 valence electrons. The van der Waals surface area contributed by atoms with E-state index in [-0.39, 0.29) is 0 Å². The third-order valence-electron chi connectivity index (χ3n) is 2.63. The average molecular weight is 341 g/mol. The van der Waals surface area contributed by atoms with Crippen molar-refractivity contribution in [2.75, 3.05) is 5.75 Å². The quantitative estimate of drug-likeness (QED) is 0.569. The van der Waals surface area contributed by atoms with Crippen molar-refractivity contribution in [3.05, 3.63) is 29.3 Å². The van der Waals surface area contributed by atoms with Crippen LogP contribution in [-0.4, -0.2) is 16.0 Å². The molecule has 4 nitrogen and oxygen atoms in total. The SMILES string of the molecule is CC(C)CSSc1nnc(-c2cc3cc(Cl)ccc3o2)o1. The highest BCUT2D eigenvalue weighted by molar-refractivity contribution is 8.76. The van der Waals surface area contributed by atoms with Crippen molar-refractivity contribution in [2.45, 2.75) is 19.1 Å². The molecule has 2 heterocycles. The van der Waals surface area contributed by atoms with E-state index in [1.54, 1.807) is 16.9 Å². The first kappa shape index (κ1) is 14.8. The summed E-state index contributed by atoms with van der Waals surface area (Å²) in [6.45, 7) is 4.35. The third kappa shape index (κ3) is 3.56. The van der Waals surface area contributed by atoms with Crippen LogP contribution in [0.2, 0.25) is 5.02 Å². The maximum absolute atomic E-state index is 5.96. The number of halogens is 1. The molecule has 0 amide bonds. The summed E-state index contributed by atoms with van der Waals surface area (Å²) in [5.41, 5.74) is 0.746. The van der Waals surface area contributed by atoms with Gasteiger partial charge < -0.3 is 8.83 Å². The molecule has 0 saturated carbocycles. The molecule has 0 bridgehead atoms. The van der Waals surface area contributed by atoms with Gasteiger partial charge in [-0.05, 0) is 30.2 Å². The van der Waals surface area contributed by atoms with E-state index in [0.717, 1.165) is 16.7 Å². The van der Waals surface area contributed by atoms with Crippen LogP contribution in [0.5, 0.6) is 0 Å². The van der Waals surface area contributed by atoms with Gasteiger partial charge in [0.05, 0.1) is 0 Å². The summed E-state index contributed by atoms with van der Waals surface area (Å²) < 4.78 is 11.3. The number of fused-ring (bicyclic) bond motifs is 1. The summed E-state index contributed by atoms with van der Waals surface area (Å²) in [6.07, 6.45) is 0. The van der Waals surface area contributed by atoms with Crippen molar-refractivity contribution >= 4 is 44.2 Å². The number of aromatic nitrogens is 2. The van der Waals surface area contributed by atoms with Crippen LogP contribution < -0.4 is 0 Å². The lowest BCUT2D eigenvalue weighted by Gasteiger charge is -1.99. The molecule has 0 aliphatic rings. The molecule has 0 unspecified atom stereocenters. The number of hydrogen-bond acceptors (Lipinski definition) is 6. The van der Waals surface area contributed by atoms with Crippen LogP contribution >= 0.6 is 33.2 Å². The number of hydrogen-bond donors (Lipinski definition) is 0. The lowest BCUT2D eigenvalue weighted by Crippen LogP contribution is -1.87. The molecule has 2 aromatic heterocycles. The minimum absolute atomic E-state index is 0.384. The molecule has 3 rings (SSSR count). The molecule has 0 fully saturated rings. The molecule has 21 heavy (non-hydrogen) atoms. The molecule has 7 heteroatoms. The molecule has 1 aromatic carbocycles. The summed E-state index contributed by atoms with van der Waals surface area (Å²) >= 11 is 5.96. The second kappa shape index (κ2) is 6.34. The zero-order valence-electron chi connectivity index (χ0n) is 11.5. The minimum atomic E-state index is 0.384. The molecule has 3 aromatic rings. The Morgan fingerprint density at radius 1 is 1.19 bits per heavy atom. The molecule has 0 N–H and O–H groups in total. The Hall–Kier alpha value is -1.11. The molecule has 0 aliphatic heterocycles. The fourth-order valence-corrected chi connectivity index (χ4v) is 4.02. The molecular formula is C14H13ClN2O2S2. The van der Waals surface area contributed by atoms with Crippen LogP contribution in [0, 0.1) is 5.92 Å². The first-order valence-corrected chi connectivity index (χ1v) is 9.14. The number of rotatable bonds is 5. The van der Waals surface area contributed by atoms with Crippen molar-refractivity contribution in [1.82, 2.24) is 10.2 Å². The van der Waals surface area contributed by atoms with E-state index < -0.39 is 0 Å². The van der Waals surface area contributed by atoms with Crippen molar-refractivity contribution in [3.8, 4) is 11.7 Å². The van der Waals surface area contributed by atoms with Gasteiger partial charge in [-0.3, -0.25) is 0 Å². The van der Waals surface area contributed by atoms with Crippen LogP contribution in [0.25, 0.3) is 22.6 Å². The zero-order chi connectivity index (χ0) is 14.8. The summed E-state index contributed by atoms with van der Waals surface area (Å²) in [5.74, 6) is 2.60. The zero-order valence-corrected chi connectivity index (χ0v) is 13.9. The average Bonchev–Trinajstić information content (AvgIpc) is 3.03. The van der Waals surface area contributed by atoms with E-state index in [2.05, 4.69) is 24.0 Å².